The molecule has 0 radical (unpaired) electrons. The Morgan fingerprint density at radius 1 is 0.634 bits per heavy atom. The molecule has 218 valence electrons. The van der Waals surface area contributed by atoms with E-state index in [1.807, 2.05) is 24.3 Å². The quantitative estimate of drug-likeness (QED) is 0.228. The van der Waals surface area contributed by atoms with Crippen molar-refractivity contribution in [3.8, 4) is 23.0 Å². The Bertz CT molecular complexity index is 1220. The van der Waals surface area contributed by atoms with Crippen LogP contribution in [0.25, 0.3) is 0 Å². The molecule has 9 heteroatoms. The second-order valence-corrected chi connectivity index (χ2v) is 10.2. The number of likely N-dealkylation sites (tertiary alicyclic amines) is 2. The van der Waals surface area contributed by atoms with Gasteiger partial charge in [-0.1, -0.05) is 35.8 Å². The molecule has 2 saturated heterocycles. The van der Waals surface area contributed by atoms with Gasteiger partial charge in [-0.25, -0.2) is 0 Å². The molecule has 41 heavy (non-hydrogen) atoms. The van der Waals surface area contributed by atoms with E-state index in [2.05, 4.69) is 19.8 Å². The average Bonchev–Trinajstić information content (AvgIpc) is 3.68. The van der Waals surface area contributed by atoms with Gasteiger partial charge in [-0.3, -0.25) is 19.8 Å². The largest absolute Gasteiger partial charge is 2.00 e. The summed E-state index contributed by atoms with van der Waals surface area (Å²) in [4.78, 5) is 13.8. The van der Waals surface area contributed by atoms with Gasteiger partial charge in [0.1, 0.15) is 24.7 Å². The SMILES string of the molecule is [Ni+2].[O-]c1cc(OCCN2CCCC2)ccc1C=Nc1ccccc1N=Cc1ccc(OCCN2CCCC2)cc1[O-]. The third-order valence-electron chi connectivity index (χ3n) is 7.29. The van der Waals surface area contributed by atoms with E-state index in [1.165, 1.54) is 50.2 Å². The van der Waals surface area contributed by atoms with E-state index in [4.69, 9.17) is 9.47 Å². The van der Waals surface area contributed by atoms with Crippen molar-refractivity contribution >= 4 is 23.8 Å². The van der Waals surface area contributed by atoms with E-state index in [0.717, 1.165) is 39.3 Å². The van der Waals surface area contributed by atoms with Gasteiger partial charge in [0.05, 0.1) is 11.4 Å². The maximum Gasteiger partial charge on any atom is 2.00 e. The van der Waals surface area contributed by atoms with Crippen LogP contribution in [0.3, 0.4) is 0 Å². The zero-order valence-corrected chi connectivity index (χ0v) is 24.1. The van der Waals surface area contributed by atoms with Gasteiger partial charge in [-0.05, 0) is 99.4 Å². The number of hydrogen-bond acceptors (Lipinski definition) is 8. The zero-order valence-electron chi connectivity index (χ0n) is 23.2. The fourth-order valence-electron chi connectivity index (χ4n) is 4.98. The molecule has 2 aliphatic rings. The minimum atomic E-state index is -0.151. The van der Waals surface area contributed by atoms with Crippen LogP contribution in [0.4, 0.5) is 11.4 Å². The Labute approximate surface area is 252 Å². The average molecular weight is 599 g/mol. The summed E-state index contributed by atoms with van der Waals surface area (Å²) in [5, 5.41) is 25.2. The fraction of sp³-hybridized carbons (Fsp3) is 0.375. The fourth-order valence-corrected chi connectivity index (χ4v) is 4.98. The van der Waals surface area contributed by atoms with E-state index < -0.39 is 0 Å². The van der Waals surface area contributed by atoms with Crippen molar-refractivity contribution in [3.05, 3.63) is 71.8 Å². The van der Waals surface area contributed by atoms with Crippen LogP contribution in [0.15, 0.2) is 70.6 Å². The Morgan fingerprint density at radius 2 is 1.05 bits per heavy atom. The van der Waals surface area contributed by atoms with Crippen LogP contribution < -0.4 is 19.7 Å². The summed E-state index contributed by atoms with van der Waals surface area (Å²) in [5.74, 6) is 0.842. The molecule has 0 bridgehead atoms. The minimum Gasteiger partial charge on any atom is -0.872 e. The summed E-state index contributed by atoms with van der Waals surface area (Å²) in [5.41, 5.74) is 2.12. The molecule has 0 atom stereocenters. The molecule has 5 rings (SSSR count). The monoisotopic (exact) mass is 598 g/mol. The zero-order chi connectivity index (χ0) is 27.6. The molecule has 3 aromatic rings. The van der Waals surface area contributed by atoms with Crippen LogP contribution in [0, 0.1) is 0 Å². The Morgan fingerprint density at radius 3 is 1.44 bits per heavy atom. The Balaban J connectivity index is 0.00000387. The van der Waals surface area contributed by atoms with Crippen molar-refractivity contribution < 1.29 is 36.2 Å². The van der Waals surface area contributed by atoms with Gasteiger partial charge in [0, 0.05) is 25.5 Å². The van der Waals surface area contributed by atoms with Gasteiger partial charge in [-0.15, -0.1) is 0 Å². The van der Waals surface area contributed by atoms with Gasteiger partial charge in [-0.2, -0.15) is 0 Å². The minimum absolute atomic E-state index is 0. The number of aliphatic imine (C=N–C) groups is 2. The second-order valence-electron chi connectivity index (χ2n) is 10.2. The summed E-state index contributed by atoms with van der Waals surface area (Å²) in [6, 6.07) is 17.4. The van der Waals surface area contributed by atoms with Gasteiger partial charge >= 0.3 is 16.5 Å². The van der Waals surface area contributed by atoms with Crippen LogP contribution >= 0.6 is 0 Å². The summed E-state index contributed by atoms with van der Waals surface area (Å²) in [7, 11) is 0. The normalized spacial score (nSPS) is 16.0. The maximum absolute atomic E-state index is 12.6. The topological polar surface area (TPSA) is 95.8 Å². The van der Waals surface area contributed by atoms with Gasteiger partial charge in [0.25, 0.3) is 0 Å². The van der Waals surface area contributed by atoms with Crippen LogP contribution in [0.1, 0.15) is 36.8 Å². The number of rotatable bonds is 12. The number of hydrogen-bond donors (Lipinski definition) is 0. The smallest absolute Gasteiger partial charge is 0.872 e. The summed E-state index contributed by atoms with van der Waals surface area (Å²) >= 11 is 0. The molecule has 0 aliphatic carbocycles. The number of benzene rings is 3. The van der Waals surface area contributed by atoms with Crippen LogP contribution in [0.2, 0.25) is 0 Å². The number of nitrogens with zero attached hydrogens (tertiary/aromatic N) is 4. The van der Waals surface area contributed by atoms with E-state index in [9.17, 15) is 10.2 Å². The molecule has 2 heterocycles. The second kappa shape index (κ2) is 15.6. The first-order valence-corrected chi connectivity index (χ1v) is 14.1. The van der Waals surface area contributed by atoms with Crippen molar-refractivity contribution in [2.45, 2.75) is 25.7 Å². The third-order valence-corrected chi connectivity index (χ3v) is 7.29. The molecule has 0 N–H and O–H groups in total. The molecule has 0 saturated carbocycles. The van der Waals surface area contributed by atoms with E-state index in [1.54, 1.807) is 24.3 Å². The number of para-hydroxylation sites is 2. The molecule has 0 spiro atoms. The summed E-state index contributed by atoms with van der Waals surface area (Å²) in [6.45, 7) is 7.37. The van der Waals surface area contributed by atoms with Crippen molar-refractivity contribution in [1.82, 2.24) is 9.80 Å². The van der Waals surface area contributed by atoms with Crippen LogP contribution in [-0.4, -0.2) is 74.7 Å². The van der Waals surface area contributed by atoms with Gasteiger partial charge in [0.15, 0.2) is 0 Å². The maximum atomic E-state index is 12.6. The first-order chi connectivity index (χ1) is 19.6. The Hall–Kier alpha value is -3.39. The van der Waals surface area contributed by atoms with Crippen molar-refractivity contribution in [2.24, 2.45) is 9.98 Å². The molecular formula is C32H36N4NiO4. The van der Waals surface area contributed by atoms with Crippen molar-refractivity contribution in [1.29, 1.82) is 0 Å². The first-order valence-electron chi connectivity index (χ1n) is 14.1. The molecule has 0 amide bonds. The number of ether oxygens (including phenoxy) is 2. The van der Waals surface area contributed by atoms with Crippen LogP contribution in [0.5, 0.6) is 23.0 Å². The van der Waals surface area contributed by atoms with Crippen molar-refractivity contribution in [3.63, 3.8) is 0 Å². The first kappa shape index (κ1) is 30.6. The van der Waals surface area contributed by atoms with Gasteiger partial charge < -0.3 is 19.7 Å². The molecule has 2 fully saturated rings. The molecule has 0 unspecified atom stereocenters. The standard InChI is InChI=1S/C32H38N4O4.Ni/c37-31-21-27(39-19-17-35-13-3-4-14-35)11-9-25(31)23-33-29-7-1-2-8-30(29)34-24-26-10-12-28(22-32(26)38)40-20-18-36-15-5-6-16-36;/h1-2,7-12,21-24,37-38H,3-6,13-20H2;/q;+2/p-2. The predicted molar refractivity (Wildman–Crippen MR) is 155 cm³/mol. The van der Waals surface area contributed by atoms with Gasteiger partial charge in [0.2, 0.25) is 0 Å². The molecular weight excluding hydrogens is 563 g/mol. The van der Waals surface area contributed by atoms with E-state index >= 15 is 0 Å². The summed E-state index contributed by atoms with van der Waals surface area (Å²) in [6.07, 6.45) is 8.06. The third kappa shape index (κ3) is 9.05. The van der Waals surface area contributed by atoms with Crippen LogP contribution in [-0.2, 0) is 16.5 Å². The molecule has 3 aromatic carbocycles. The molecule has 0 aromatic heterocycles. The molecule has 8 nitrogen and oxygen atoms in total. The predicted octanol–water partition coefficient (Wildman–Crippen LogP) is 4.28. The summed E-state index contributed by atoms with van der Waals surface area (Å²) < 4.78 is 11.6. The molecule has 2 aliphatic heterocycles. The van der Waals surface area contributed by atoms with E-state index in [-0.39, 0.29) is 28.0 Å². The Kier molecular flexibility index (Phi) is 11.6. The van der Waals surface area contributed by atoms with Crippen molar-refractivity contribution in [2.75, 3.05) is 52.5 Å². The van der Waals surface area contributed by atoms with E-state index in [0.29, 0.717) is 47.2 Å².